The summed E-state index contributed by atoms with van der Waals surface area (Å²) >= 11 is 0. The van der Waals surface area contributed by atoms with Crippen molar-refractivity contribution < 1.29 is 13.6 Å². The Hall–Kier alpha value is -2.08. The van der Waals surface area contributed by atoms with E-state index in [4.69, 9.17) is 8.83 Å². The van der Waals surface area contributed by atoms with E-state index in [2.05, 4.69) is 10.3 Å². The zero-order valence-electron chi connectivity index (χ0n) is 12.5. The van der Waals surface area contributed by atoms with E-state index >= 15 is 0 Å². The Labute approximate surface area is 128 Å². The molecule has 0 unspecified atom stereocenters. The minimum Gasteiger partial charge on any atom is -0.459 e. The summed E-state index contributed by atoms with van der Waals surface area (Å²) < 4.78 is 10.9. The zero-order chi connectivity index (χ0) is 15.1. The number of carbonyl (C=O) groups is 1. The highest BCUT2D eigenvalue weighted by Crippen LogP contribution is 2.27. The van der Waals surface area contributed by atoms with Crippen molar-refractivity contribution in [3.8, 4) is 11.7 Å². The summed E-state index contributed by atoms with van der Waals surface area (Å²) in [5.74, 6) is 3.07. The van der Waals surface area contributed by atoms with Gasteiger partial charge in [0.1, 0.15) is 5.76 Å². The van der Waals surface area contributed by atoms with Crippen LogP contribution in [0.2, 0.25) is 0 Å². The number of carbonyl (C=O) groups excluding carboxylic acids is 1. The minimum absolute atomic E-state index is 0.136. The lowest BCUT2D eigenvalue weighted by Gasteiger charge is -2.16. The Kier molecular flexibility index (Phi) is 3.26. The standard InChI is InChI=1S/C16H19N3O3/c1-10-13(18-16(22-10)14-3-2-4-21-14)5-15(20)19-8-11-6-17-7-12(11)9-19/h2-4,11-12,17H,5-9H2,1H3/t11-,12+. The van der Waals surface area contributed by atoms with Gasteiger partial charge < -0.3 is 19.1 Å². The summed E-state index contributed by atoms with van der Waals surface area (Å²) in [5, 5.41) is 3.39. The molecule has 0 bridgehead atoms. The number of furan rings is 1. The average molecular weight is 301 g/mol. The van der Waals surface area contributed by atoms with Gasteiger partial charge in [-0.3, -0.25) is 4.79 Å². The molecule has 2 atom stereocenters. The summed E-state index contributed by atoms with van der Waals surface area (Å²) in [6.45, 7) is 5.61. The summed E-state index contributed by atoms with van der Waals surface area (Å²) in [4.78, 5) is 18.9. The number of oxazole rings is 1. The van der Waals surface area contributed by atoms with E-state index in [0.717, 1.165) is 26.2 Å². The molecule has 22 heavy (non-hydrogen) atoms. The molecule has 6 nitrogen and oxygen atoms in total. The number of likely N-dealkylation sites (tertiary alicyclic amines) is 1. The third kappa shape index (κ3) is 2.33. The third-order valence-corrected chi connectivity index (χ3v) is 4.69. The van der Waals surface area contributed by atoms with E-state index in [1.165, 1.54) is 0 Å². The van der Waals surface area contributed by atoms with Gasteiger partial charge in [0, 0.05) is 26.2 Å². The summed E-state index contributed by atoms with van der Waals surface area (Å²) in [6.07, 6.45) is 1.87. The number of hydrogen-bond donors (Lipinski definition) is 1. The van der Waals surface area contributed by atoms with Gasteiger partial charge in [-0.2, -0.15) is 0 Å². The van der Waals surface area contributed by atoms with Gasteiger partial charge >= 0.3 is 0 Å². The Morgan fingerprint density at radius 2 is 2.18 bits per heavy atom. The Morgan fingerprint density at radius 3 is 2.86 bits per heavy atom. The van der Waals surface area contributed by atoms with E-state index in [0.29, 0.717) is 41.4 Å². The van der Waals surface area contributed by atoms with E-state index in [1.54, 1.807) is 18.4 Å². The molecular weight excluding hydrogens is 282 g/mol. The molecular formula is C16H19N3O3. The molecule has 2 aromatic heterocycles. The highest BCUT2D eigenvalue weighted by Gasteiger charge is 2.38. The number of nitrogens with zero attached hydrogens (tertiary/aromatic N) is 2. The minimum atomic E-state index is 0.136. The molecule has 1 amide bonds. The molecule has 2 saturated heterocycles. The molecule has 4 heterocycles. The van der Waals surface area contributed by atoms with Gasteiger partial charge in [-0.15, -0.1) is 0 Å². The normalized spacial score (nSPS) is 24.0. The molecule has 0 aliphatic carbocycles. The predicted molar refractivity (Wildman–Crippen MR) is 79.1 cm³/mol. The third-order valence-electron chi connectivity index (χ3n) is 4.69. The van der Waals surface area contributed by atoms with Crippen LogP contribution in [0.25, 0.3) is 11.7 Å². The largest absolute Gasteiger partial charge is 0.459 e. The number of fused-ring (bicyclic) bond motifs is 1. The van der Waals surface area contributed by atoms with Crippen LogP contribution in [0.3, 0.4) is 0 Å². The maximum atomic E-state index is 12.5. The average Bonchev–Trinajstić information content (AvgIpc) is 3.21. The number of amides is 1. The number of rotatable bonds is 3. The zero-order valence-corrected chi connectivity index (χ0v) is 12.5. The topological polar surface area (TPSA) is 71.5 Å². The first kappa shape index (κ1) is 13.6. The van der Waals surface area contributed by atoms with Crippen LogP contribution in [0.15, 0.2) is 27.2 Å². The summed E-state index contributed by atoms with van der Waals surface area (Å²) in [7, 11) is 0. The van der Waals surface area contributed by atoms with Crippen LogP contribution in [0.1, 0.15) is 11.5 Å². The highest BCUT2D eigenvalue weighted by atomic mass is 16.4. The van der Waals surface area contributed by atoms with Crippen LogP contribution in [0.4, 0.5) is 0 Å². The lowest BCUT2D eigenvalue weighted by molar-refractivity contribution is -0.129. The molecule has 0 radical (unpaired) electrons. The first-order valence-corrected chi connectivity index (χ1v) is 7.69. The van der Waals surface area contributed by atoms with E-state index in [1.807, 2.05) is 11.8 Å². The van der Waals surface area contributed by atoms with Crippen molar-refractivity contribution >= 4 is 5.91 Å². The molecule has 0 spiro atoms. The van der Waals surface area contributed by atoms with E-state index in [-0.39, 0.29) is 5.91 Å². The lowest BCUT2D eigenvalue weighted by Crippen LogP contribution is -2.33. The predicted octanol–water partition coefficient (Wildman–Crippen LogP) is 1.46. The van der Waals surface area contributed by atoms with Gasteiger partial charge in [-0.05, 0) is 30.9 Å². The molecule has 6 heteroatoms. The quantitative estimate of drug-likeness (QED) is 0.929. The smallest absolute Gasteiger partial charge is 0.263 e. The van der Waals surface area contributed by atoms with Crippen LogP contribution < -0.4 is 5.32 Å². The van der Waals surface area contributed by atoms with Crippen LogP contribution in [-0.2, 0) is 11.2 Å². The first-order chi connectivity index (χ1) is 10.7. The van der Waals surface area contributed by atoms with Crippen molar-refractivity contribution in [1.82, 2.24) is 15.2 Å². The van der Waals surface area contributed by atoms with Crippen molar-refractivity contribution in [2.45, 2.75) is 13.3 Å². The molecule has 116 valence electrons. The van der Waals surface area contributed by atoms with E-state index in [9.17, 15) is 4.79 Å². The Balaban J connectivity index is 1.46. The van der Waals surface area contributed by atoms with Gasteiger partial charge in [-0.1, -0.05) is 0 Å². The van der Waals surface area contributed by atoms with E-state index < -0.39 is 0 Å². The fourth-order valence-corrected chi connectivity index (χ4v) is 3.41. The van der Waals surface area contributed by atoms with Gasteiger partial charge in [-0.25, -0.2) is 4.98 Å². The number of aryl methyl sites for hydroxylation is 1. The number of aromatic nitrogens is 1. The first-order valence-electron chi connectivity index (χ1n) is 7.69. The monoisotopic (exact) mass is 301 g/mol. The Bertz CT molecular complexity index is 665. The van der Waals surface area contributed by atoms with Crippen molar-refractivity contribution in [2.75, 3.05) is 26.2 Å². The maximum absolute atomic E-state index is 12.5. The molecule has 0 aromatic carbocycles. The van der Waals surface area contributed by atoms with Gasteiger partial charge in [0.25, 0.3) is 5.89 Å². The second-order valence-corrected chi connectivity index (χ2v) is 6.15. The number of hydrogen-bond acceptors (Lipinski definition) is 5. The molecule has 1 N–H and O–H groups in total. The molecule has 4 rings (SSSR count). The lowest BCUT2D eigenvalue weighted by atomic mass is 10.0. The Morgan fingerprint density at radius 1 is 1.41 bits per heavy atom. The molecule has 2 fully saturated rings. The maximum Gasteiger partial charge on any atom is 0.263 e. The fraction of sp³-hybridized carbons (Fsp3) is 0.500. The van der Waals surface area contributed by atoms with Gasteiger partial charge in [0.15, 0.2) is 5.76 Å². The van der Waals surface area contributed by atoms with Crippen LogP contribution in [0, 0.1) is 18.8 Å². The number of nitrogens with one attached hydrogen (secondary N) is 1. The van der Waals surface area contributed by atoms with Crippen LogP contribution in [-0.4, -0.2) is 42.0 Å². The molecule has 0 saturated carbocycles. The van der Waals surface area contributed by atoms with Crippen LogP contribution in [0.5, 0.6) is 0 Å². The van der Waals surface area contributed by atoms with Gasteiger partial charge in [0.05, 0.1) is 18.4 Å². The molecule has 2 aliphatic rings. The second-order valence-electron chi connectivity index (χ2n) is 6.15. The van der Waals surface area contributed by atoms with Gasteiger partial charge in [0.2, 0.25) is 5.91 Å². The van der Waals surface area contributed by atoms with Crippen molar-refractivity contribution in [1.29, 1.82) is 0 Å². The molecule has 2 aromatic rings. The van der Waals surface area contributed by atoms with Crippen molar-refractivity contribution in [3.05, 3.63) is 29.9 Å². The highest BCUT2D eigenvalue weighted by molar-refractivity contribution is 5.79. The second kappa shape index (κ2) is 5.28. The summed E-state index contributed by atoms with van der Waals surface area (Å²) in [5.41, 5.74) is 0.701. The van der Waals surface area contributed by atoms with Crippen LogP contribution >= 0.6 is 0 Å². The van der Waals surface area contributed by atoms with Crippen molar-refractivity contribution in [3.63, 3.8) is 0 Å². The fourth-order valence-electron chi connectivity index (χ4n) is 3.41. The summed E-state index contributed by atoms with van der Waals surface area (Å²) in [6, 6.07) is 3.59. The SMILES string of the molecule is Cc1oc(-c2ccco2)nc1CC(=O)N1C[C@H]2CNC[C@H]2C1. The molecule has 2 aliphatic heterocycles. The van der Waals surface area contributed by atoms with Crippen molar-refractivity contribution in [2.24, 2.45) is 11.8 Å².